The Morgan fingerprint density at radius 2 is 1.81 bits per heavy atom. The van der Waals surface area contributed by atoms with Crippen LogP contribution >= 0.6 is 22.9 Å². The van der Waals surface area contributed by atoms with Crippen LogP contribution in [0.3, 0.4) is 0 Å². The third-order valence-electron chi connectivity index (χ3n) is 7.40. The summed E-state index contributed by atoms with van der Waals surface area (Å²) in [6.07, 6.45) is 6.18. The number of nitrogens with zero attached hydrogens (tertiary/aromatic N) is 4. The lowest BCUT2D eigenvalue weighted by Gasteiger charge is -2.25. The van der Waals surface area contributed by atoms with Crippen molar-refractivity contribution in [2.75, 3.05) is 10.2 Å². The first-order valence-electron chi connectivity index (χ1n) is 13.7. The van der Waals surface area contributed by atoms with Gasteiger partial charge in [0.1, 0.15) is 0 Å². The van der Waals surface area contributed by atoms with Crippen LogP contribution in [0.5, 0.6) is 0 Å². The summed E-state index contributed by atoms with van der Waals surface area (Å²) in [6, 6.07) is 18.4. The molecule has 0 bridgehead atoms. The van der Waals surface area contributed by atoms with E-state index in [0.29, 0.717) is 21.6 Å². The van der Waals surface area contributed by atoms with Crippen molar-refractivity contribution in [3.8, 4) is 0 Å². The summed E-state index contributed by atoms with van der Waals surface area (Å²) < 4.78 is 0.897. The molecule has 0 aliphatic heterocycles. The second-order valence-corrected chi connectivity index (χ2v) is 11.7. The number of benzene rings is 3. The zero-order valence-electron chi connectivity index (χ0n) is 23.1. The number of carbonyl (C=O) groups excluding carboxylic acids is 2. The second kappa shape index (κ2) is 13.1. The first kappa shape index (κ1) is 29.2. The summed E-state index contributed by atoms with van der Waals surface area (Å²) in [7, 11) is 0. The molecule has 0 unspecified atom stereocenters. The predicted molar refractivity (Wildman–Crippen MR) is 168 cm³/mol. The number of nitrogens with two attached hydrogens (primary N) is 1. The number of carbonyl (C=O) groups is 2. The third kappa shape index (κ3) is 6.75. The Morgan fingerprint density at radius 1 is 1.10 bits per heavy atom. The molecule has 1 aromatic heterocycles. The molecule has 4 aromatic rings. The fraction of sp³-hybridized carbons (Fsp3) is 0.267. The Kier molecular flexibility index (Phi) is 9.09. The summed E-state index contributed by atoms with van der Waals surface area (Å²) in [4.78, 5) is 32.5. The van der Waals surface area contributed by atoms with Gasteiger partial charge in [-0.1, -0.05) is 66.5 Å². The monoisotopic (exact) mass is 602 g/mol. The quantitative estimate of drug-likeness (QED) is 0.0593. The van der Waals surface area contributed by atoms with Crippen molar-refractivity contribution in [1.29, 1.82) is 5.53 Å². The second-order valence-electron chi connectivity index (χ2n) is 10.2. The maximum atomic E-state index is 13.7. The van der Waals surface area contributed by atoms with Crippen molar-refractivity contribution < 1.29 is 9.59 Å². The summed E-state index contributed by atoms with van der Waals surface area (Å²) in [5, 5.41) is 12.7. The molecule has 1 heterocycles. The molecular weight excluding hydrogens is 572 g/mol. The molecular formula is C30H31ClN8O2S. The Hall–Kier alpha value is -4.35. The highest BCUT2D eigenvalue weighted by molar-refractivity contribution is 7.22. The van der Waals surface area contributed by atoms with Gasteiger partial charge in [0.25, 0.3) is 11.9 Å². The van der Waals surface area contributed by atoms with Gasteiger partial charge in [0.15, 0.2) is 5.13 Å². The van der Waals surface area contributed by atoms with E-state index >= 15 is 0 Å². The lowest BCUT2D eigenvalue weighted by atomic mass is 9.84. The standard InChI is InChI=1S/C30H31ClN8O2S/c1-18-15-23(31)16-25-26(18)34-29(42-25)36-30(41)39(24-13-11-21(12-14-24)20-5-3-2-4-6-20)17-19-7-9-22(10-8-19)27(40)35-28(37-32)38-33/h7-16,20,32H,2-6,17,33H2,1H3,(H,34,36,41)(H,35,38,40). The summed E-state index contributed by atoms with van der Waals surface area (Å²) >= 11 is 7.60. The van der Waals surface area contributed by atoms with Crippen molar-refractivity contribution in [2.24, 2.45) is 16.1 Å². The number of hydrogen-bond acceptors (Lipinski definition) is 7. The molecule has 216 valence electrons. The number of halogens is 1. The van der Waals surface area contributed by atoms with E-state index in [1.807, 2.05) is 31.2 Å². The van der Waals surface area contributed by atoms with Crippen LogP contribution < -0.4 is 21.4 Å². The SMILES string of the molecule is Cc1cc(Cl)cc2sc(NC(=O)N(Cc3ccc(C(=O)N/C(N=N)=N/N)cc3)c3ccc(C4CCCCC4)cc3)nc12. The minimum absolute atomic E-state index is 0.254. The Bertz CT molecular complexity index is 1630. The molecule has 5 rings (SSSR count). The zero-order valence-corrected chi connectivity index (χ0v) is 24.6. The fourth-order valence-electron chi connectivity index (χ4n) is 5.22. The highest BCUT2D eigenvalue weighted by Crippen LogP contribution is 2.34. The highest BCUT2D eigenvalue weighted by atomic mass is 35.5. The average Bonchev–Trinajstić information content (AvgIpc) is 3.41. The molecule has 0 atom stereocenters. The number of amides is 3. The lowest BCUT2D eigenvalue weighted by Crippen LogP contribution is -2.34. The van der Waals surface area contributed by atoms with Gasteiger partial charge in [0, 0.05) is 16.3 Å². The first-order valence-corrected chi connectivity index (χ1v) is 14.8. The number of hydrogen-bond donors (Lipinski definition) is 4. The van der Waals surface area contributed by atoms with E-state index in [4.69, 9.17) is 23.0 Å². The molecule has 3 aromatic carbocycles. The van der Waals surface area contributed by atoms with Gasteiger partial charge in [-0.05, 0) is 78.8 Å². The van der Waals surface area contributed by atoms with E-state index in [0.717, 1.165) is 27.0 Å². The lowest BCUT2D eigenvalue weighted by molar-refractivity contribution is 0.0976. The molecule has 3 amide bonds. The van der Waals surface area contributed by atoms with Gasteiger partial charge in [-0.25, -0.2) is 15.3 Å². The van der Waals surface area contributed by atoms with Gasteiger partial charge in [-0.2, -0.15) is 0 Å². The molecule has 5 N–H and O–H groups in total. The van der Waals surface area contributed by atoms with Crippen molar-refractivity contribution >= 4 is 61.9 Å². The van der Waals surface area contributed by atoms with Crippen molar-refractivity contribution in [3.63, 3.8) is 0 Å². The molecule has 0 spiro atoms. The maximum Gasteiger partial charge on any atom is 0.328 e. The molecule has 10 nitrogen and oxygen atoms in total. The van der Waals surface area contributed by atoms with E-state index in [-0.39, 0.29) is 18.5 Å². The minimum atomic E-state index is -0.499. The van der Waals surface area contributed by atoms with Gasteiger partial charge in [-0.15, -0.1) is 10.2 Å². The van der Waals surface area contributed by atoms with Crippen LogP contribution in [0.1, 0.15) is 65.1 Å². The summed E-state index contributed by atoms with van der Waals surface area (Å²) in [5.41, 5.74) is 11.9. The predicted octanol–water partition coefficient (Wildman–Crippen LogP) is 7.53. The number of hydrazone groups is 1. The number of urea groups is 1. The number of nitrogens with one attached hydrogen (secondary N) is 3. The number of rotatable bonds is 6. The van der Waals surface area contributed by atoms with Gasteiger partial charge < -0.3 is 5.84 Å². The Balaban J connectivity index is 1.39. The van der Waals surface area contributed by atoms with Crippen molar-refractivity contribution in [2.45, 2.75) is 51.5 Å². The largest absolute Gasteiger partial charge is 0.328 e. The van der Waals surface area contributed by atoms with E-state index in [9.17, 15) is 9.59 Å². The third-order valence-corrected chi connectivity index (χ3v) is 8.54. The van der Waals surface area contributed by atoms with Gasteiger partial charge in [0.05, 0.1) is 16.8 Å². The van der Waals surface area contributed by atoms with Crippen molar-refractivity contribution in [3.05, 3.63) is 87.9 Å². The summed E-state index contributed by atoms with van der Waals surface area (Å²) in [5.74, 6) is 4.88. The van der Waals surface area contributed by atoms with Crippen LogP contribution in [0.4, 0.5) is 15.6 Å². The maximum absolute atomic E-state index is 13.7. The van der Waals surface area contributed by atoms with E-state index in [1.165, 1.54) is 49.0 Å². The average molecular weight is 603 g/mol. The number of aromatic nitrogens is 1. The van der Waals surface area contributed by atoms with E-state index in [1.54, 1.807) is 29.2 Å². The highest BCUT2D eigenvalue weighted by Gasteiger charge is 2.21. The van der Waals surface area contributed by atoms with E-state index in [2.05, 4.69) is 38.0 Å². The topological polar surface area (TPSA) is 149 Å². The number of thiazole rings is 1. The normalized spacial score (nSPS) is 14.0. The molecule has 1 saturated carbocycles. The number of guanidine groups is 1. The smallest absolute Gasteiger partial charge is 0.320 e. The first-order chi connectivity index (χ1) is 20.3. The number of fused-ring (bicyclic) bond motifs is 1. The van der Waals surface area contributed by atoms with Crippen LogP contribution in [0.15, 0.2) is 70.9 Å². The Labute approximate surface area is 252 Å². The van der Waals surface area contributed by atoms with Crippen molar-refractivity contribution in [1.82, 2.24) is 10.3 Å². The molecule has 1 aliphatic rings. The molecule has 1 aliphatic carbocycles. The van der Waals surface area contributed by atoms with Crippen LogP contribution in [0.2, 0.25) is 5.02 Å². The van der Waals surface area contributed by atoms with Crippen LogP contribution in [-0.4, -0.2) is 22.9 Å². The molecule has 12 heteroatoms. The fourth-order valence-corrected chi connectivity index (χ4v) is 6.53. The van der Waals surface area contributed by atoms with Crippen LogP contribution in [0, 0.1) is 12.5 Å². The zero-order chi connectivity index (χ0) is 29.6. The van der Waals surface area contributed by atoms with Crippen LogP contribution in [-0.2, 0) is 6.54 Å². The minimum Gasteiger partial charge on any atom is -0.320 e. The molecule has 42 heavy (non-hydrogen) atoms. The number of anilines is 2. The van der Waals surface area contributed by atoms with Crippen LogP contribution in [0.25, 0.3) is 10.2 Å². The van der Waals surface area contributed by atoms with E-state index < -0.39 is 5.91 Å². The molecule has 0 radical (unpaired) electrons. The Morgan fingerprint density at radius 3 is 2.48 bits per heavy atom. The molecule has 0 saturated heterocycles. The summed E-state index contributed by atoms with van der Waals surface area (Å²) in [6.45, 7) is 2.19. The van der Waals surface area contributed by atoms with Gasteiger partial charge in [0.2, 0.25) is 0 Å². The van der Waals surface area contributed by atoms with Gasteiger partial charge >= 0.3 is 6.03 Å². The number of aryl methyl sites for hydroxylation is 1. The molecule has 1 fully saturated rings. The van der Waals surface area contributed by atoms with Gasteiger partial charge in [-0.3, -0.25) is 20.3 Å².